The Morgan fingerprint density at radius 3 is 2.54 bits per heavy atom. The minimum Gasteiger partial charge on any atom is -0.368 e. The summed E-state index contributed by atoms with van der Waals surface area (Å²) in [6.07, 6.45) is 2.21. The van der Waals surface area contributed by atoms with Crippen LogP contribution in [-0.2, 0) is 16.0 Å². The molecule has 2 amide bonds. The molecule has 148 valence electrons. The molecule has 0 spiro atoms. The van der Waals surface area contributed by atoms with Crippen molar-refractivity contribution in [3.05, 3.63) is 51.5 Å². The van der Waals surface area contributed by atoms with E-state index in [0.717, 1.165) is 30.0 Å². The van der Waals surface area contributed by atoms with Gasteiger partial charge in [-0.15, -0.1) is 11.3 Å². The van der Waals surface area contributed by atoms with Crippen LogP contribution in [-0.4, -0.2) is 65.5 Å². The number of benzene rings is 1. The van der Waals surface area contributed by atoms with Gasteiger partial charge in [0.1, 0.15) is 11.0 Å². The van der Waals surface area contributed by atoms with Crippen molar-refractivity contribution in [2.45, 2.75) is 32.3 Å². The number of piperazine rings is 1. The summed E-state index contributed by atoms with van der Waals surface area (Å²) in [6.45, 7) is 4.82. The summed E-state index contributed by atoms with van der Waals surface area (Å²) in [4.78, 5) is 34.4. The minimum atomic E-state index is -0.286. The van der Waals surface area contributed by atoms with Crippen molar-refractivity contribution in [2.24, 2.45) is 0 Å². The molecule has 2 aliphatic rings. The van der Waals surface area contributed by atoms with Crippen LogP contribution in [0.3, 0.4) is 0 Å². The summed E-state index contributed by atoms with van der Waals surface area (Å²) in [6, 6.07) is 10.2. The van der Waals surface area contributed by atoms with Crippen molar-refractivity contribution >= 4 is 23.2 Å². The second-order valence-electron chi connectivity index (χ2n) is 7.30. The van der Waals surface area contributed by atoms with E-state index >= 15 is 0 Å². The third-order valence-corrected chi connectivity index (χ3v) is 6.46. The summed E-state index contributed by atoms with van der Waals surface area (Å²) >= 11 is 1.48. The molecule has 6 nitrogen and oxygen atoms in total. The predicted octanol–water partition coefficient (Wildman–Crippen LogP) is 2.51. The quantitative estimate of drug-likeness (QED) is 0.793. The Hall–Kier alpha value is -2.25. The van der Waals surface area contributed by atoms with Gasteiger partial charge in [-0.2, -0.15) is 0 Å². The molecule has 2 aliphatic heterocycles. The molecule has 1 unspecified atom stereocenters. The van der Waals surface area contributed by atoms with Gasteiger partial charge in [-0.05, 0) is 25.3 Å². The first kappa shape index (κ1) is 19.1. The maximum absolute atomic E-state index is 13.0. The maximum atomic E-state index is 13.0. The monoisotopic (exact) mass is 399 g/mol. The SMILES string of the molecule is Cc1nc(Cc2ccccc2)sc1C(=O)N1CCN(C(=O)C2CCCO2)CC1. The number of rotatable bonds is 4. The van der Waals surface area contributed by atoms with Gasteiger partial charge in [0.2, 0.25) is 0 Å². The average molecular weight is 400 g/mol. The number of aromatic nitrogens is 1. The summed E-state index contributed by atoms with van der Waals surface area (Å²) < 4.78 is 5.50. The molecule has 1 aromatic carbocycles. The summed E-state index contributed by atoms with van der Waals surface area (Å²) in [7, 11) is 0. The number of thiazole rings is 1. The number of hydrogen-bond donors (Lipinski definition) is 0. The van der Waals surface area contributed by atoms with Crippen LogP contribution in [0.1, 0.15) is 38.8 Å². The first-order valence-corrected chi connectivity index (χ1v) is 10.6. The van der Waals surface area contributed by atoms with Crippen molar-refractivity contribution in [3.63, 3.8) is 0 Å². The lowest BCUT2D eigenvalue weighted by atomic mass is 10.2. The highest BCUT2D eigenvalue weighted by atomic mass is 32.1. The molecule has 0 N–H and O–H groups in total. The lowest BCUT2D eigenvalue weighted by Crippen LogP contribution is -2.52. The molecule has 28 heavy (non-hydrogen) atoms. The van der Waals surface area contributed by atoms with Gasteiger partial charge in [-0.1, -0.05) is 30.3 Å². The van der Waals surface area contributed by atoms with E-state index in [0.29, 0.717) is 37.7 Å². The van der Waals surface area contributed by atoms with Crippen LogP contribution in [0, 0.1) is 6.92 Å². The van der Waals surface area contributed by atoms with Crippen LogP contribution >= 0.6 is 11.3 Å². The number of aryl methyl sites for hydroxylation is 1. The van der Waals surface area contributed by atoms with E-state index in [1.54, 1.807) is 0 Å². The Morgan fingerprint density at radius 2 is 1.86 bits per heavy atom. The molecular weight excluding hydrogens is 374 g/mol. The van der Waals surface area contributed by atoms with Gasteiger partial charge in [0.25, 0.3) is 11.8 Å². The fourth-order valence-corrected chi connectivity index (χ4v) is 4.81. The van der Waals surface area contributed by atoms with Crippen molar-refractivity contribution in [1.82, 2.24) is 14.8 Å². The molecule has 2 aromatic rings. The molecular formula is C21H25N3O3S. The number of amides is 2. The van der Waals surface area contributed by atoms with E-state index in [1.807, 2.05) is 34.9 Å². The first-order chi connectivity index (χ1) is 13.6. The number of nitrogens with zero attached hydrogens (tertiary/aromatic N) is 3. The van der Waals surface area contributed by atoms with Crippen LogP contribution in [0.2, 0.25) is 0 Å². The van der Waals surface area contributed by atoms with Crippen molar-refractivity contribution < 1.29 is 14.3 Å². The number of hydrogen-bond acceptors (Lipinski definition) is 5. The zero-order valence-corrected chi connectivity index (χ0v) is 16.9. The van der Waals surface area contributed by atoms with Crippen LogP contribution < -0.4 is 0 Å². The maximum Gasteiger partial charge on any atom is 0.265 e. The molecule has 1 atom stereocenters. The van der Waals surface area contributed by atoms with Crippen molar-refractivity contribution in [1.29, 1.82) is 0 Å². The number of ether oxygens (including phenoxy) is 1. The molecule has 1 aromatic heterocycles. The Morgan fingerprint density at radius 1 is 1.14 bits per heavy atom. The molecule has 0 radical (unpaired) electrons. The van der Waals surface area contributed by atoms with E-state index in [-0.39, 0.29) is 17.9 Å². The van der Waals surface area contributed by atoms with Gasteiger partial charge >= 0.3 is 0 Å². The Labute approximate surface area is 169 Å². The number of carbonyl (C=O) groups excluding carboxylic acids is 2. The van der Waals surface area contributed by atoms with Crippen LogP contribution in [0.15, 0.2) is 30.3 Å². The fourth-order valence-electron chi connectivity index (χ4n) is 3.75. The standard InChI is InChI=1S/C21H25N3O3S/c1-15-19(28-18(22-15)14-16-6-3-2-4-7-16)21(26)24-11-9-23(10-12-24)20(25)17-8-5-13-27-17/h2-4,6-7,17H,5,8-14H2,1H3. The second-order valence-corrected chi connectivity index (χ2v) is 8.39. The Bertz CT molecular complexity index is 838. The fraction of sp³-hybridized carbons (Fsp3) is 0.476. The number of carbonyl (C=O) groups is 2. The van der Waals surface area contributed by atoms with E-state index in [2.05, 4.69) is 17.1 Å². The highest BCUT2D eigenvalue weighted by molar-refractivity contribution is 7.13. The molecule has 0 bridgehead atoms. The van der Waals surface area contributed by atoms with Gasteiger partial charge < -0.3 is 14.5 Å². The van der Waals surface area contributed by atoms with Crippen LogP contribution in [0.4, 0.5) is 0 Å². The highest BCUT2D eigenvalue weighted by Crippen LogP contribution is 2.23. The molecule has 2 saturated heterocycles. The van der Waals surface area contributed by atoms with E-state index < -0.39 is 0 Å². The largest absolute Gasteiger partial charge is 0.368 e. The van der Waals surface area contributed by atoms with Crippen LogP contribution in [0.5, 0.6) is 0 Å². The average Bonchev–Trinajstić information content (AvgIpc) is 3.38. The zero-order valence-electron chi connectivity index (χ0n) is 16.1. The predicted molar refractivity (Wildman–Crippen MR) is 108 cm³/mol. The Balaban J connectivity index is 1.37. The molecule has 3 heterocycles. The second kappa shape index (κ2) is 8.41. The van der Waals surface area contributed by atoms with Gasteiger partial charge in [0.15, 0.2) is 0 Å². The summed E-state index contributed by atoms with van der Waals surface area (Å²) in [5.74, 6) is 0.0993. The normalized spacial score (nSPS) is 19.8. The van der Waals surface area contributed by atoms with Gasteiger partial charge in [-0.25, -0.2) is 4.98 Å². The molecule has 7 heteroatoms. The summed E-state index contributed by atoms with van der Waals surface area (Å²) in [5.41, 5.74) is 1.98. The van der Waals surface area contributed by atoms with E-state index in [9.17, 15) is 9.59 Å². The zero-order chi connectivity index (χ0) is 19.5. The van der Waals surface area contributed by atoms with Gasteiger partial charge in [0, 0.05) is 39.2 Å². The Kier molecular flexibility index (Phi) is 5.73. The lowest BCUT2D eigenvalue weighted by molar-refractivity contribution is -0.142. The van der Waals surface area contributed by atoms with Gasteiger partial charge in [-0.3, -0.25) is 9.59 Å². The topological polar surface area (TPSA) is 62.7 Å². The van der Waals surface area contributed by atoms with E-state index in [1.165, 1.54) is 16.9 Å². The molecule has 4 rings (SSSR count). The molecule has 0 aliphatic carbocycles. The highest BCUT2D eigenvalue weighted by Gasteiger charge is 2.32. The van der Waals surface area contributed by atoms with Crippen molar-refractivity contribution in [3.8, 4) is 0 Å². The smallest absolute Gasteiger partial charge is 0.265 e. The molecule has 2 fully saturated rings. The van der Waals surface area contributed by atoms with Crippen LogP contribution in [0.25, 0.3) is 0 Å². The third kappa shape index (κ3) is 4.10. The first-order valence-electron chi connectivity index (χ1n) is 9.81. The summed E-state index contributed by atoms with van der Waals surface area (Å²) in [5, 5.41) is 0.958. The minimum absolute atomic E-state index is 0.0264. The van der Waals surface area contributed by atoms with E-state index in [4.69, 9.17) is 4.74 Å². The molecule has 0 saturated carbocycles. The van der Waals surface area contributed by atoms with Gasteiger partial charge in [0.05, 0.1) is 10.7 Å². The lowest BCUT2D eigenvalue weighted by Gasteiger charge is -2.35. The third-order valence-electron chi connectivity index (χ3n) is 5.32. The van der Waals surface area contributed by atoms with Crippen molar-refractivity contribution in [2.75, 3.05) is 32.8 Å².